The number of ether oxygens (including phenoxy) is 1. The van der Waals surface area contributed by atoms with Crippen molar-refractivity contribution in [3.8, 4) is 0 Å². The van der Waals surface area contributed by atoms with Crippen molar-refractivity contribution in [2.45, 2.75) is 31.5 Å². The summed E-state index contributed by atoms with van der Waals surface area (Å²) in [4.78, 5) is 13.9. The molecule has 1 amide bonds. The molecule has 5 heteroatoms. The van der Waals surface area contributed by atoms with Gasteiger partial charge in [0, 0.05) is 6.61 Å². The van der Waals surface area contributed by atoms with Crippen LogP contribution in [0.15, 0.2) is 24.3 Å². The van der Waals surface area contributed by atoms with Crippen LogP contribution in [-0.2, 0) is 9.53 Å². The van der Waals surface area contributed by atoms with Crippen molar-refractivity contribution in [1.29, 1.82) is 0 Å². The van der Waals surface area contributed by atoms with Crippen LogP contribution < -0.4 is 5.32 Å². The summed E-state index contributed by atoms with van der Waals surface area (Å²) < 4.78 is 18.8. The predicted molar refractivity (Wildman–Crippen MR) is 72.4 cm³/mol. The van der Waals surface area contributed by atoms with E-state index in [1.165, 1.54) is 12.1 Å². The van der Waals surface area contributed by atoms with Gasteiger partial charge >= 0.3 is 0 Å². The van der Waals surface area contributed by atoms with Gasteiger partial charge in [-0.25, -0.2) is 4.39 Å². The van der Waals surface area contributed by atoms with E-state index in [1.807, 2.05) is 6.92 Å². The molecule has 0 spiro atoms. The lowest BCUT2D eigenvalue weighted by Crippen LogP contribution is -2.43. The molecule has 0 aromatic heterocycles. The van der Waals surface area contributed by atoms with Crippen LogP contribution in [0.1, 0.15) is 31.5 Å². The van der Waals surface area contributed by atoms with Crippen molar-refractivity contribution in [2.75, 3.05) is 19.7 Å². The van der Waals surface area contributed by atoms with Gasteiger partial charge in [0.2, 0.25) is 5.91 Å². The maximum atomic E-state index is 13.0. The van der Waals surface area contributed by atoms with Crippen LogP contribution in [0.3, 0.4) is 0 Å². The van der Waals surface area contributed by atoms with Crippen LogP contribution in [0.2, 0.25) is 0 Å². The van der Waals surface area contributed by atoms with Gasteiger partial charge in [-0.1, -0.05) is 12.1 Å². The molecule has 2 fully saturated rings. The Kier molecular flexibility index (Phi) is 3.48. The monoisotopic (exact) mass is 278 g/mol. The molecule has 1 aromatic rings. The van der Waals surface area contributed by atoms with Crippen molar-refractivity contribution in [1.82, 2.24) is 10.2 Å². The summed E-state index contributed by atoms with van der Waals surface area (Å²) in [6.07, 6.45) is 1.81. The zero-order chi connectivity index (χ0) is 14.2. The number of nitrogens with one attached hydrogen (secondary N) is 1. The molecule has 3 rings (SSSR count). The molecule has 2 aliphatic heterocycles. The highest BCUT2D eigenvalue weighted by Gasteiger charge is 2.39. The van der Waals surface area contributed by atoms with E-state index in [9.17, 15) is 9.18 Å². The summed E-state index contributed by atoms with van der Waals surface area (Å²) in [5.41, 5.74) is 0.638. The zero-order valence-electron chi connectivity index (χ0n) is 11.6. The average Bonchev–Trinajstić information content (AvgIpc) is 3.00. The third-order valence-electron chi connectivity index (χ3n) is 4.07. The van der Waals surface area contributed by atoms with Gasteiger partial charge in [0.15, 0.2) is 0 Å². The first-order chi connectivity index (χ1) is 9.57. The SMILES string of the molecule is CC1(CN2C(=O)CNC2c2ccc(F)cc2)CCCO1. The molecule has 20 heavy (non-hydrogen) atoms. The highest BCUT2D eigenvalue weighted by atomic mass is 19.1. The standard InChI is InChI=1S/C15H19FN2O2/c1-15(7-2-8-20-15)10-18-13(19)9-17-14(18)11-3-5-12(16)6-4-11/h3-6,14,17H,2,7-10H2,1H3. The minimum atomic E-state index is -0.268. The molecule has 0 aliphatic carbocycles. The fourth-order valence-electron chi connectivity index (χ4n) is 2.98. The van der Waals surface area contributed by atoms with E-state index in [0.29, 0.717) is 13.1 Å². The Morgan fingerprint density at radius 1 is 1.45 bits per heavy atom. The second-order valence-corrected chi connectivity index (χ2v) is 5.76. The number of rotatable bonds is 3. The van der Waals surface area contributed by atoms with Crippen molar-refractivity contribution < 1.29 is 13.9 Å². The number of benzene rings is 1. The maximum absolute atomic E-state index is 13.0. The molecule has 2 saturated heterocycles. The van der Waals surface area contributed by atoms with E-state index in [2.05, 4.69) is 5.32 Å². The zero-order valence-corrected chi connectivity index (χ0v) is 11.6. The second-order valence-electron chi connectivity index (χ2n) is 5.76. The molecule has 2 aliphatic rings. The van der Waals surface area contributed by atoms with Crippen LogP contribution >= 0.6 is 0 Å². The summed E-state index contributed by atoms with van der Waals surface area (Å²) in [6, 6.07) is 6.28. The van der Waals surface area contributed by atoms with E-state index >= 15 is 0 Å². The second kappa shape index (κ2) is 5.14. The summed E-state index contributed by atoms with van der Waals surface area (Å²) >= 11 is 0. The number of hydrogen-bond donors (Lipinski definition) is 1. The van der Waals surface area contributed by atoms with Crippen molar-refractivity contribution in [2.24, 2.45) is 0 Å². The molecule has 1 N–H and O–H groups in total. The van der Waals surface area contributed by atoms with E-state index < -0.39 is 0 Å². The van der Waals surface area contributed by atoms with Crippen LogP contribution in [0, 0.1) is 5.82 Å². The van der Waals surface area contributed by atoms with Gasteiger partial charge in [0.1, 0.15) is 12.0 Å². The Morgan fingerprint density at radius 3 is 2.85 bits per heavy atom. The number of carbonyl (C=O) groups excluding carboxylic acids is 1. The van der Waals surface area contributed by atoms with Crippen molar-refractivity contribution in [3.05, 3.63) is 35.6 Å². The highest BCUT2D eigenvalue weighted by Crippen LogP contribution is 2.31. The summed E-state index contributed by atoms with van der Waals surface area (Å²) in [7, 11) is 0. The minimum absolute atomic E-state index is 0.0658. The van der Waals surface area contributed by atoms with Crippen LogP contribution in [0.5, 0.6) is 0 Å². The Morgan fingerprint density at radius 2 is 2.20 bits per heavy atom. The first kappa shape index (κ1) is 13.5. The first-order valence-electron chi connectivity index (χ1n) is 7.00. The van der Waals surface area contributed by atoms with Gasteiger partial charge in [-0.05, 0) is 37.5 Å². The molecule has 1 aromatic carbocycles. The minimum Gasteiger partial charge on any atom is -0.373 e. The van der Waals surface area contributed by atoms with Gasteiger partial charge in [-0.3, -0.25) is 10.1 Å². The van der Waals surface area contributed by atoms with E-state index in [0.717, 1.165) is 25.0 Å². The fraction of sp³-hybridized carbons (Fsp3) is 0.533. The smallest absolute Gasteiger partial charge is 0.238 e. The van der Waals surface area contributed by atoms with Crippen LogP contribution in [0.4, 0.5) is 4.39 Å². The molecule has 108 valence electrons. The molecule has 0 radical (unpaired) electrons. The normalized spacial score (nSPS) is 30.2. The Balaban J connectivity index is 1.79. The Labute approximate surface area is 117 Å². The average molecular weight is 278 g/mol. The van der Waals surface area contributed by atoms with Gasteiger partial charge in [-0.15, -0.1) is 0 Å². The molecule has 4 nitrogen and oxygen atoms in total. The maximum Gasteiger partial charge on any atom is 0.238 e. The molecule has 2 unspecified atom stereocenters. The van der Waals surface area contributed by atoms with Crippen molar-refractivity contribution in [3.63, 3.8) is 0 Å². The summed E-state index contributed by atoms with van der Waals surface area (Å²) in [5, 5.41) is 3.18. The van der Waals surface area contributed by atoms with Gasteiger partial charge in [0.25, 0.3) is 0 Å². The van der Waals surface area contributed by atoms with Gasteiger partial charge in [0.05, 0.1) is 18.7 Å². The third-order valence-corrected chi connectivity index (χ3v) is 4.07. The lowest BCUT2D eigenvalue weighted by Gasteiger charge is -2.32. The largest absolute Gasteiger partial charge is 0.373 e. The van der Waals surface area contributed by atoms with Crippen LogP contribution in [0.25, 0.3) is 0 Å². The Hall–Kier alpha value is -1.46. The van der Waals surface area contributed by atoms with Gasteiger partial charge in [-0.2, -0.15) is 0 Å². The number of nitrogens with zero attached hydrogens (tertiary/aromatic N) is 1. The topological polar surface area (TPSA) is 41.6 Å². The lowest BCUT2D eigenvalue weighted by molar-refractivity contribution is -0.131. The molecule has 2 heterocycles. The lowest BCUT2D eigenvalue weighted by atomic mass is 10.0. The summed E-state index contributed by atoms with van der Waals surface area (Å²) in [5.74, 6) is -0.202. The fourth-order valence-corrected chi connectivity index (χ4v) is 2.98. The van der Waals surface area contributed by atoms with Gasteiger partial charge < -0.3 is 9.64 Å². The third kappa shape index (κ3) is 2.55. The number of hydrogen-bond acceptors (Lipinski definition) is 3. The van der Waals surface area contributed by atoms with Crippen LogP contribution in [-0.4, -0.2) is 36.1 Å². The predicted octanol–water partition coefficient (Wildman–Crippen LogP) is 1.83. The first-order valence-corrected chi connectivity index (χ1v) is 7.00. The van der Waals surface area contributed by atoms with Crippen molar-refractivity contribution >= 4 is 5.91 Å². The molecular weight excluding hydrogens is 259 g/mol. The van der Waals surface area contributed by atoms with E-state index in [-0.39, 0.29) is 23.5 Å². The quantitative estimate of drug-likeness (QED) is 0.917. The molecule has 0 bridgehead atoms. The number of amides is 1. The molecule has 2 atom stereocenters. The molecule has 0 saturated carbocycles. The molecular formula is C15H19FN2O2. The van der Waals surface area contributed by atoms with E-state index in [4.69, 9.17) is 4.74 Å². The summed E-state index contributed by atoms with van der Waals surface area (Å²) in [6.45, 7) is 3.69. The number of halogens is 1. The van der Waals surface area contributed by atoms with E-state index in [1.54, 1.807) is 17.0 Å². The number of carbonyl (C=O) groups is 1. The Bertz CT molecular complexity index is 497. The highest BCUT2D eigenvalue weighted by molar-refractivity contribution is 5.81.